The molecule has 1 rings (SSSR count). The number of carbonyl (C=O) groups excluding carboxylic acids is 2. The zero-order chi connectivity index (χ0) is 11.4. The van der Waals surface area contributed by atoms with E-state index >= 15 is 0 Å². The molecule has 1 aliphatic heterocycles. The van der Waals surface area contributed by atoms with Crippen molar-refractivity contribution in [1.82, 2.24) is 10.2 Å². The molecular weight excluding hydrogens is 204 g/mol. The minimum atomic E-state index is -1.13. The number of nitrogens with zero attached hydrogens (tertiary/aromatic N) is 1. The van der Waals surface area contributed by atoms with Crippen LogP contribution in [-0.4, -0.2) is 54.2 Å². The molecular formula is C8H12N2O5. The Balaban J connectivity index is 2.77. The van der Waals surface area contributed by atoms with E-state index in [-0.39, 0.29) is 6.54 Å². The molecule has 7 heteroatoms. The smallest absolute Gasteiger partial charge is 0.410 e. The zero-order valence-corrected chi connectivity index (χ0v) is 8.23. The summed E-state index contributed by atoms with van der Waals surface area (Å²) in [5, 5.41) is 11.1. The molecule has 1 heterocycles. The van der Waals surface area contributed by atoms with Gasteiger partial charge in [-0.2, -0.15) is 0 Å². The highest BCUT2D eigenvalue weighted by molar-refractivity contribution is 5.90. The van der Waals surface area contributed by atoms with E-state index in [2.05, 4.69) is 10.1 Å². The maximum absolute atomic E-state index is 11.3. The highest BCUT2D eigenvalue weighted by Gasteiger charge is 2.35. The quantitative estimate of drug-likeness (QED) is 0.619. The fourth-order valence-corrected chi connectivity index (χ4v) is 1.42. The van der Waals surface area contributed by atoms with Crippen LogP contribution in [0.3, 0.4) is 0 Å². The zero-order valence-electron chi connectivity index (χ0n) is 8.23. The summed E-state index contributed by atoms with van der Waals surface area (Å²) in [5.41, 5.74) is 0. The first-order valence-electron chi connectivity index (χ1n) is 4.40. The molecule has 0 aromatic rings. The molecule has 1 unspecified atom stereocenters. The van der Waals surface area contributed by atoms with E-state index in [0.717, 1.165) is 4.90 Å². The molecule has 0 saturated carbocycles. The number of hydrogen-bond acceptors (Lipinski definition) is 4. The number of ether oxygens (including phenoxy) is 1. The molecule has 1 saturated heterocycles. The fraction of sp³-hybridized carbons (Fsp3) is 0.625. The summed E-state index contributed by atoms with van der Waals surface area (Å²) >= 11 is 0. The Labute approximate surface area is 86.0 Å². The predicted octanol–water partition coefficient (Wildman–Crippen LogP) is -0.972. The number of amides is 2. The van der Waals surface area contributed by atoms with Gasteiger partial charge in [-0.05, 0) is 0 Å². The van der Waals surface area contributed by atoms with Gasteiger partial charge in [-0.1, -0.05) is 0 Å². The van der Waals surface area contributed by atoms with Crippen LogP contribution in [-0.2, 0) is 14.3 Å². The van der Waals surface area contributed by atoms with Crippen LogP contribution in [0.1, 0.15) is 6.42 Å². The number of carbonyl (C=O) groups is 3. The van der Waals surface area contributed by atoms with Crippen molar-refractivity contribution in [2.45, 2.75) is 12.5 Å². The summed E-state index contributed by atoms with van der Waals surface area (Å²) in [6, 6.07) is -0.983. The summed E-state index contributed by atoms with van der Waals surface area (Å²) in [6.07, 6.45) is -1.10. The molecule has 1 aliphatic rings. The number of piperazine rings is 1. The normalized spacial score (nSPS) is 20.7. The van der Waals surface area contributed by atoms with Crippen LogP contribution in [0.4, 0.5) is 4.79 Å². The molecule has 0 spiro atoms. The SMILES string of the molecule is COC(=O)N1CCNC(=O)C1CC(=O)O. The van der Waals surface area contributed by atoms with Gasteiger partial charge < -0.3 is 15.2 Å². The second-order valence-electron chi connectivity index (χ2n) is 3.07. The van der Waals surface area contributed by atoms with Crippen LogP contribution in [0, 0.1) is 0 Å². The van der Waals surface area contributed by atoms with Crippen molar-refractivity contribution in [3.8, 4) is 0 Å². The molecule has 1 atom stereocenters. The molecule has 0 aromatic carbocycles. The lowest BCUT2D eigenvalue weighted by atomic mass is 10.1. The molecule has 2 amide bonds. The Bertz CT molecular complexity index is 291. The van der Waals surface area contributed by atoms with Crippen molar-refractivity contribution in [2.75, 3.05) is 20.2 Å². The van der Waals surface area contributed by atoms with Crippen molar-refractivity contribution in [2.24, 2.45) is 0 Å². The lowest BCUT2D eigenvalue weighted by molar-refractivity contribution is -0.142. The second kappa shape index (κ2) is 4.63. The number of carboxylic acids is 1. The molecule has 1 fully saturated rings. The van der Waals surface area contributed by atoms with E-state index in [9.17, 15) is 14.4 Å². The number of rotatable bonds is 2. The van der Waals surface area contributed by atoms with E-state index < -0.39 is 30.4 Å². The van der Waals surface area contributed by atoms with Crippen molar-refractivity contribution in [3.63, 3.8) is 0 Å². The Morgan fingerprint density at radius 1 is 1.67 bits per heavy atom. The van der Waals surface area contributed by atoms with Gasteiger partial charge in [0.1, 0.15) is 6.04 Å². The highest BCUT2D eigenvalue weighted by Crippen LogP contribution is 2.10. The Hall–Kier alpha value is -1.79. The van der Waals surface area contributed by atoms with Gasteiger partial charge in [0.15, 0.2) is 0 Å². The number of aliphatic carboxylic acids is 1. The van der Waals surface area contributed by atoms with Crippen molar-refractivity contribution >= 4 is 18.0 Å². The third-order valence-corrected chi connectivity index (χ3v) is 2.11. The third-order valence-electron chi connectivity index (χ3n) is 2.11. The minimum Gasteiger partial charge on any atom is -0.481 e. The second-order valence-corrected chi connectivity index (χ2v) is 3.07. The largest absolute Gasteiger partial charge is 0.481 e. The number of nitrogens with one attached hydrogen (secondary N) is 1. The van der Waals surface area contributed by atoms with E-state index in [1.54, 1.807) is 0 Å². The molecule has 7 nitrogen and oxygen atoms in total. The molecule has 84 valence electrons. The monoisotopic (exact) mass is 216 g/mol. The highest BCUT2D eigenvalue weighted by atomic mass is 16.5. The Morgan fingerprint density at radius 2 is 2.33 bits per heavy atom. The van der Waals surface area contributed by atoms with Gasteiger partial charge in [0.2, 0.25) is 5.91 Å². The van der Waals surface area contributed by atoms with Crippen LogP contribution in [0.5, 0.6) is 0 Å². The topological polar surface area (TPSA) is 95.9 Å². The lowest BCUT2D eigenvalue weighted by Crippen LogP contribution is -2.57. The van der Waals surface area contributed by atoms with Gasteiger partial charge in [0, 0.05) is 13.1 Å². The average molecular weight is 216 g/mol. The van der Waals surface area contributed by atoms with E-state index in [1.807, 2.05) is 0 Å². The number of carboxylic acid groups (broad SMARTS) is 1. The molecule has 2 N–H and O–H groups in total. The first-order valence-corrected chi connectivity index (χ1v) is 4.40. The van der Waals surface area contributed by atoms with Crippen LogP contribution in [0.2, 0.25) is 0 Å². The number of methoxy groups -OCH3 is 1. The van der Waals surface area contributed by atoms with Crippen LogP contribution in [0.25, 0.3) is 0 Å². The standard InChI is InChI=1S/C8H12N2O5/c1-15-8(14)10-3-2-9-7(13)5(10)4-6(11)12/h5H,2-4H2,1H3,(H,9,13)(H,11,12). The van der Waals surface area contributed by atoms with Crippen molar-refractivity contribution in [1.29, 1.82) is 0 Å². The van der Waals surface area contributed by atoms with Gasteiger partial charge in [0.25, 0.3) is 0 Å². The molecule has 0 bridgehead atoms. The van der Waals surface area contributed by atoms with E-state index in [4.69, 9.17) is 5.11 Å². The third kappa shape index (κ3) is 2.58. The first-order chi connectivity index (χ1) is 7.06. The average Bonchev–Trinajstić information content (AvgIpc) is 2.19. The molecule has 0 aliphatic carbocycles. The van der Waals surface area contributed by atoms with Gasteiger partial charge >= 0.3 is 12.1 Å². The summed E-state index contributed by atoms with van der Waals surface area (Å²) in [7, 11) is 1.19. The molecule has 0 radical (unpaired) electrons. The molecule has 15 heavy (non-hydrogen) atoms. The number of hydrogen-bond donors (Lipinski definition) is 2. The van der Waals surface area contributed by atoms with E-state index in [1.165, 1.54) is 7.11 Å². The van der Waals surface area contributed by atoms with Crippen LogP contribution >= 0.6 is 0 Å². The maximum Gasteiger partial charge on any atom is 0.410 e. The van der Waals surface area contributed by atoms with Gasteiger partial charge in [-0.3, -0.25) is 14.5 Å². The predicted molar refractivity (Wildman–Crippen MR) is 48.2 cm³/mol. The summed E-state index contributed by atoms with van der Waals surface area (Å²) < 4.78 is 4.46. The van der Waals surface area contributed by atoms with Gasteiger partial charge in [-0.15, -0.1) is 0 Å². The Kier molecular flexibility index (Phi) is 3.48. The summed E-state index contributed by atoms with van der Waals surface area (Å²) in [6.45, 7) is 0.570. The van der Waals surface area contributed by atoms with Crippen LogP contribution < -0.4 is 5.32 Å². The van der Waals surface area contributed by atoms with Crippen molar-refractivity contribution < 1.29 is 24.2 Å². The van der Waals surface area contributed by atoms with E-state index in [0.29, 0.717) is 6.54 Å². The van der Waals surface area contributed by atoms with Gasteiger partial charge in [-0.25, -0.2) is 4.79 Å². The minimum absolute atomic E-state index is 0.260. The summed E-state index contributed by atoms with van der Waals surface area (Å²) in [4.78, 5) is 34.2. The first kappa shape index (κ1) is 11.3. The molecule has 0 aromatic heterocycles. The maximum atomic E-state index is 11.3. The summed E-state index contributed by atoms with van der Waals surface area (Å²) in [5.74, 6) is -1.60. The van der Waals surface area contributed by atoms with Crippen molar-refractivity contribution in [3.05, 3.63) is 0 Å². The Morgan fingerprint density at radius 3 is 2.87 bits per heavy atom. The lowest BCUT2D eigenvalue weighted by Gasteiger charge is -2.32. The fourth-order valence-electron chi connectivity index (χ4n) is 1.42. The van der Waals surface area contributed by atoms with Gasteiger partial charge in [0.05, 0.1) is 13.5 Å². The van der Waals surface area contributed by atoms with Crippen LogP contribution in [0.15, 0.2) is 0 Å².